The molecule has 0 saturated carbocycles. The van der Waals surface area contributed by atoms with Gasteiger partial charge in [-0.1, -0.05) is 29.8 Å². The molecule has 7 heteroatoms. The van der Waals surface area contributed by atoms with Crippen molar-refractivity contribution in [2.75, 3.05) is 20.3 Å². The van der Waals surface area contributed by atoms with Gasteiger partial charge in [-0.25, -0.2) is 4.55 Å². The van der Waals surface area contributed by atoms with Gasteiger partial charge in [-0.3, -0.25) is 4.79 Å². The summed E-state index contributed by atoms with van der Waals surface area (Å²) in [5.41, 5.74) is 1.65. The van der Waals surface area contributed by atoms with Crippen LogP contribution in [0.1, 0.15) is 15.9 Å². The molecule has 1 aliphatic heterocycles. The van der Waals surface area contributed by atoms with Gasteiger partial charge in [0.05, 0.1) is 19.8 Å². The van der Waals surface area contributed by atoms with Gasteiger partial charge in [0.1, 0.15) is 6.20 Å². The number of aryl methyl sites for hydroxylation is 1. The first kappa shape index (κ1) is 14.7. The van der Waals surface area contributed by atoms with E-state index in [-0.39, 0.29) is 19.0 Å². The molecule has 1 atom stereocenters. The first-order chi connectivity index (χ1) is 9.21. The molecule has 2 rings (SSSR count). The SMILES string of the molecule is Cc1ccc(C(=O)CN2C=C[N+](C)(S(=O)(=O)O)C2)cc1. The average Bonchev–Trinajstić information content (AvgIpc) is 2.72. The monoisotopic (exact) mass is 297 g/mol. The molecule has 1 unspecified atom stereocenters. The molecule has 1 aromatic carbocycles. The highest BCUT2D eigenvalue weighted by Gasteiger charge is 2.40. The molecule has 6 nitrogen and oxygen atoms in total. The maximum absolute atomic E-state index is 12.1. The van der Waals surface area contributed by atoms with Crippen molar-refractivity contribution < 1.29 is 21.7 Å². The minimum Gasteiger partial charge on any atom is -0.317 e. The summed E-state index contributed by atoms with van der Waals surface area (Å²) in [5.74, 6) is -0.0987. The number of hydrogen-bond acceptors (Lipinski definition) is 4. The molecule has 1 aliphatic rings. The predicted molar refractivity (Wildman–Crippen MR) is 74.0 cm³/mol. The number of ketones is 1. The van der Waals surface area contributed by atoms with Gasteiger partial charge in [0, 0.05) is 5.56 Å². The van der Waals surface area contributed by atoms with Crippen molar-refractivity contribution >= 4 is 16.1 Å². The molecule has 0 bridgehead atoms. The molecule has 0 aromatic heterocycles. The van der Waals surface area contributed by atoms with Crippen LogP contribution in [0.3, 0.4) is 0 Å². The van der Waals surface area contributed by atoms with Crippen LogP contribution >= 0.6 is 0 Å². The Morgan fingerprint density at radius 1 is 1.35 bits per heavy atom. The highest BCUT2D eigenvalue weighted by molar-refractivity contribution is 7.80. The van der Waals surface area contributed by atoms with Crippen molar-refractivity contribution in [3.63, 3.8) is 0 Å². The van der Waals surface area contributed by atoms with Crippen LogP contribution in [-0.2, 0) is 10.3 Å². The zero-order valence-electron chi connectivity index (χ0n) is 11.4. The summed E-state index contributed by atoms with van der Waals surface area (Å²) in [4.78, 5) is 13.6. The van der Waals surface area contributed by atoms with E-state index in [0.717, 1.165) is 5.56 Å². The second-order valence-electron chi connectivity index (χ2n) is 5.10. The van der Waals surface area contributed by atoms with Gasteiger partial charge in [0.2, 0.25) is 0 Å². The summed E-state index contributed by atoms with van der Waals surface area (Å²) in [5, 5.41) is 0. The van der Waals surface area contributed by atoms with Crippen LogP contribution in [0, 0.1) is 6.92 Å². The fourth-order valence-corrected chi connectivity index (χ4v) is 2.46. The van der Waals surface area contributed by atoms with Gasteiger partial charge < -0.3 is 4.90 Å². The van der Waals surface area contributed by atoms with Crippen LogP contribution in [-0.4, -0.2) is 47.8 Å². The quantitative estimate of drug-likeness (QED) is 0.513. The van der Waals surface area contributed by atoms with Crippen LogP contribution in [0.15, 0.2) is 36.7 Å². The average molecular weight is 297 g/mol. The number of quaternary nitrogens is 1. The molecule has 0 fully saturated rings. The van der Waals surface area contributed by atoms with Crippen LogP contribution in [0.5, 0.6) is 0 Å². The first-order valence-corrected chi connectivity index (χ1v) is 7.47. The van der Waals surface area contributed by atoms with Crippen molar-refractivity contribution in [2.45, 2.75) is 6.92 Å². The van der Waals surface area contributed by atoms with E-state index in [1.807, 2.05) is 19.1 Å². The number of Topliss-reactive ketones (excluding diaryl/α,β-unsaturated/α-hetero) is 1. The van der Waals surface area contributed by atoms with E-state index in [1.54, 1.807) is 17.0 Å². The van der Waals surface area contributed by atoms with Crippen molar-refractivity contribution in [1.82, 2.24) is 4.90 Å². The van der Waals surface area contributed by atoms with E-state index in [0.29, 0.717) is 5.56 Å². The van der Waals surface area contributed by atoms with Crippen LogP contribution in [0.2, 0.25) is 0 Å². The minimum absolute atomic E-state index is 0.0104. The molecule has 0 amide bonds. The summed E-state index contributed by atoms with van der Waals surface area (Å²) in [7, 11) is -2.88. The molecule has 1 heterocycles. The van der Waals surface area contributed by atoms with Crippen molar-refractivity contribution in [3.05, 3.63) is 47.8 Å². The molecule has 0 spiro atoms. The number of benzene rings is 1. The Morgan fingerprint density at radius 3 is 2.45 bits per heavy atom. The lowest BCUT2D eigenvalue weighted by Gasteiger charge is -2.23. The predicted octanol–water partition coefficient (Wildman–Crippen LogP) is 1.17. The van der Waals surface area contributed by atoms with Crippen molar-refractivity contribution in [2.24, 2.45) is 0 Å². The van der Waals surface area contributed by atoms with E-state index < -0.39 is 14.2 Å². The minimum atomic E-state index is -4.24. The smallest absolute Gasteiger partial charge is 0.317 e. The van der Waals surface area contributed by atoms with Gasteiger partial charge in [0.25, 0.3) is 0 Å². The Labute approximate surface area is 118 Å². The van der Waals surface area contributed by atoms with Crippen molar-refractivity contribution in [3.8, 4) is 0 Å². The molecule has 1 aromatic rings. The van der Waals surface area contributed by atoms with Crippen molar-refractivity contribution in [1.29, 1.82) is 0 Å². The molecular formula is C13H17N2O4S+. The maximum atomic E-state index is 12.1. The fourth-order valence-electron chi connectivity index (χ4n) is 1.96. The molecule has 108 valence electrons. The van der Waals surface area contributed by atoms with E-state index in [1.165, 1.54) is 19.4 Å². The zero-order chi connectivity index (χ0) is 15.0. The Morgan fingerprint density at radius 2 is 1.95 bits per heavy atom. The highest BCUT2D eigenvalue weighted by Crippen LogP contribution is 2.20. The zero-order valence-corrected chi connectivity index (χ0v) is 12.2. The number of carbonyl (C=O) groups is 1. The van der Waals surface area contributed by atoms with Crippen LogP contribution in [0.4, 0.5) is 0 Å². The highest BCUT2D eigenvalue weighted by atomic mass is 32.2. The summed E-state index contributed by atoms with van der Waals surface area (Å²) >= 11 is 0. The van der Waals surface area contributed by atoms with Crippen LogP contribution < -0.4 is 0 Å². The lowest BCUT2D eigenvalue weighted by molar-refractivity contribution is -0.736. The summed E-state index contributed by atoms with van der Waals surface area (Å²) in [6, 6.07) is 7.19. The lowest BCUT2D eigenvalue weighted by atomic mass is 10.1. The number of carbonyl (C=O) groups excluding carboxylic acids is 1. The molecule has 0 saturated heterocycles. The van der Waals surface area contributed by atoms with Crippen LogP contribution in [0.25, 0.3) is 0 Å². The molecule has 0 radical (unpaired) electrons. The number of hydrogen-bond donors (Lipinski definition) is 1. The van der Waals surface area contributed by atoms with Gasteiger partial charge >= 0.3 is 10.3 Å². The normalized spacial score (nSPS) is 22.2. The molecule has 0 aliphatic carbocycles. The summed E-state index contributed by atoms with van der Waals surface area (Å²) in [6.45, 7) is 2.02. The van der Waals surface area contributed by atoms with E-state index >= 15 is 0 Å². The van der Waals surface area contributed by atoms with Gasteiger partial charge in [0.15, 0.2) is 12.5 Å². The Hall–Kier alpha value is -1.70. The summed E-state index contributed by atoms with van der Waals surface area (Å²) < 4.78 is 31.0. The van der Waals surface area contributed by atoms with E-state index in [2.05, 4.69) is 0 Å². The number of rotatable bonds is 4. The Balaban J connectivity index is 2.05. The molecule has 1 N–H and O–H groups in total. The van der Waals surface area contributed by atoms with Gasteiger partial charge in [-0.2, -0.15) is 3.89 Å². The first-order valence-electron chi connectivity index (χ1n) is 6.07. The van der Waals surface area contributed by atoms with E-state index in [4.69, 9.17) is 4.55 Å². The maximum Gasteiger partial charge on any atom is 0.438 e. The third-order valence-corrected chi connectivity index (χ3v) is 4.59. The lowest BCUT2D eigenvalue weighted by Crippen LogP contribution is -2.46. The molecule has 20 heavy (non-hydrogen) atoms. The standard InChI is InChI=1S/C13H16N2O4S/c1-11-3-5-12(6-4-11)13(16)9-14-7-8-15(2,10-14)20(17,18)19/h3-8H,9-10H2,1-2H3/p+1. The number of nitrogens with zero attached hydrogens (tertiary/aromatic N) is 2. The van der Waals surface area contributed by atoms with Gasteiger partial charge in [-0.15, -0.1) is 8.42 Å². The Bertz CT molecular complexity index is 651. The fraction of sp³-hybridized carbons (Fsp3) is 0.308. The van der Waals surface area contributed by atoms with Gasteiger partial charge in [-0.05, 0) is 6.92 Å². The summed E-state index contributed by atoms with van der Waals surface area (Å²) in [6.07, 6.45) is 2.86. The third kappa shape index (κ3) is 2.90. The Kier molecular flexibility index (Phi) is 3.68. The topological polar surface area (TPSA) is 74.7 Å². The largest absolute Gasteiger partial charge is 0.438 e. The second kappa shape index (κ2) is 5.01. The second-order valence-corrected chi connectivity index (χ2v) is 6.83. The third-order valence-electron chi connectivity index (χ3n) is 3.30. The van der Waals surface area contributed by atoms with E-state index in [9.17, 15) is 13.2 Å². The molecular weight excluding hydrogens is 280 g/mol.